The van der Waals surface area contributed by atoms with E-state index >= 15 is 0 Å². The topological polar surface area (TPSA) is 95.7 Å². The number of carbonyl (C=O) groups excluding carboxylic acids is 1. The van der Waals surface area contributed by atoms with Gasteiger partial charge in [-0.25, -0.2) is 0 Å². The first-order valence-corrected chi connectivity index (χ1v) is 5.49. The molecule has 4 N–H and O–H groups in total. The Labute approximate surface area is 94.8 Å². The Kier molecular flexibility index (Phi) is 4.70. The van der Waals surface area contributed by atoms with Crippen molar-refractivity contribution in [3.8, 4) is 0 Å². The van der Waals surface area contributed by atoms with Crippen LogP contribution in [0, 0.1) is 5.92 Å². The Bertz CT molecular complexity index is 270. The van der Waals surface area contributed by atoms with Crippen LogP contribution < -0.4 is 11.1 Å². The number of nitrogens with one attached hydrogen (secondary N) is 1. The lowest BCUT2D eigenvalue weighted by Gasteiger charge is -2.35. The minimum atomic E-state index is -0.808. The first-order chi connectivity index (χ1) is 7.52. The van der Waals surface area contributed by atoms with Crippen molar-refractivity contribution in [2.24, 2.45) is 11.7 Å². The number of nitrogens with zero attached hydrogens (tertiary/aromatic N) is 1. The normalized spacial score (nSPS) is 26.6. The van der Waals surface area contributed by atoms with E-state index in [-0.39, 0.29) is 12.6 Å². The van der Waals surface area contributed by atoms with E-state index in [4.69, 9.17) is 10.8 Å². The fourth-order valence-corrected chi connectivity index (χ4v) is 2.16. The molecule has 0 aromatic rings. The number of primary amides is 1. The molecule has 92 valence electrons. The molecule has 0 spiro atoms. The molecule has 0 bridgehead atoms. The number of rotatable bonds is 5. The van der Waals surface area contributed by atoms with Gasteiger partial charge < -0.3 is 16.2 Å². The number of likely N-dealkylation sites (tertiary alicyclic amines) is 1. The van der Waals surface area contributed by atoms with Gasteiger partial charge in [0.2, 0.25) is 5.91 Å². The summed E-state index contributed by atoms with van der Waals surface area (Å²) >= 11 is 0. The van der Waals surface area contributed by atoms with Crippen LogP contribution in [0.2, 0.25) is 0 Å². The van der Waals surface area contributed by atoms with Gasteiger partial charge in [0, 0.05) is 19.1 Å². The monoisotopic (exact) mass is 229 g/mol. The molecule has 0 saturated carbocycles. The fraction of sp³-hybridized carbons (Fsp3) is 0.800. The van der Waals surface area contributed by atoms with Gasteiger partial charge in [-0.2, -0.15) is 0 Å². The van der Waals surface area contributed by atoms with Crippen molar-refractivity contribution < 1.29 is 14.7 Å². The molecule has 1 heterocycles. The van der Waals surface area contributed by atoms with Gasteiger partial charge in [0.15, 0.2) is 0 Å². The van der Waals surface area contributed by atoms with Gasteiger partial charge in [-0.3, -0.25) is 14.5 Å². The van der Waals surface area contributed by atoms with Crippen LogP contribution in [0.3, 0.4) is 0 Å². The van der Waals surface area contributed by atoms with Gasteiger partial charge in [0.05, 0.1) is 12.5 Å². The zero-order valence-electron chi connectivity index (χ0n) is 9.48. The minimum Gasteiger partial charge on any atom is -0.481 e. The second-order valence-corrected chi connectivity index (χ2v) is 4.19. The van der Waals surface area contributed by atoms with Gasteiger partial charge in [-0.15, -0.1) is 0 Å². The maximum absolute atomic E-state index is 11.0. The Hall–Kier alpha value is -1.14. The summed E-state index contributed by atoms with van der Waals surface area (Å²) in [5, 5.41) is 12.2. The lowest BCUT2D eigenvalue weighted by atomic mass is 9.94. The summed E-state index contributed by atoms with van der Waals surface area (Å²) in [6.45, 7) is 3.98. The maximum atomic E-state index is 11.0. The molecule has 16 heavy (non-hydrogen) atoms. The van der Waals surface area contributed by atoms with E-state index in [9.17, 15) is 9.59 Å². The van der Waals surface area contributed by atoms with Crippen LogP contribution in [0.15, 0.2) is 0 Å². The minimum absolute atomic E-state index is 0.124. The smallest absolute Gasteiger partial charge is 0.307 e. The average Bonchev–Trinajstić information content (AvgIpc) is 2.16. The maximum Gasteiger partial charge on any atom is 0.307 e. The highest BCUT2D eigenvalue weighted by Crippen LogP contribution is 2.16. The van der Waals surface area contributed by atoms with Crippen LogP contribution in [0.5, 0.6) is 0 Å². The lowest BCUT2D eigenvalue weighted by Crippen LogP contribution is -2.52. The van der Waals surface area contributed by atoms with Crippen LogP contribution in [0.25, 0.3) is 0 Å². The average molecular weight is 229 g/mol. The molecule has 0 aromatic heterocycles. The van der Waals surface area contributed by atoms with E-state index in [2.05, 4.69) is 5.32 Å². The van der Waals surface area contributed by atoms with E-state index in [0.29, 0.717) is 19.5 Å². The number of likely N-dealkylation sites (N-methyl/N-ethyl adjacent to an activating group) is 1. The molecule has 2 unspecified atom stereocenters. The third-order valence-electron chi connectivity index (χ3n) is 2.75. The van der Waals surface area contributed by atoms with E-state index in [1.54, 1.807) is 4.90 Å². The highest BCUT2D eigenvalue weighted by Gasteiger charge is 2.31. The van der Waals surface area contributed by atoms with Crippen molar-refractivity contribution in [2.45, 2.75) is 19.4 Å². The molecule has 1 aliphatic rings. The zero-order valence-corrected chi connectivity index (χ0v) is 9.48. The van der Waals surface area contributed by atoms with Crippen LogP contribution in [0.4, 0.5) is 0 Å². The largest absolute Gasteiger partial charge is 0.481 e. The van der Waals surface area contributed by atoms with Crippen LogP contribution in [0.1, 0.15) is 13.3 Å². The Balaban J connectivity index is 2.58. The van der Waals surface area contributed by atoms with E-state index < -0.39 is 17.8 Å². The standard InChI is InChI=1S/C10H19N3O3/c1-2-12-8-3-7(10(15)16)4-13(5-8)6-9(11)14/h7-8,12H,2-6H2,1H3,(H2,11,14)(H,15,16). The van der Waals surface area contributed by atoms with E-state index in [1.165, 1.54) is 0 Å². The summed E-state index contributed by atoms with van der Waals surface area (Å²) in [7, 11) is 0. The number of nitrogens with two attached hydrogens (primary N) is 1. The molecule has 2 atom stereocenters. The molecule has 1 fully saturated rings. The van der Waals surface area contributed by atoms with Gasteiger partial charge in [0.1, 0.15) is 0 Å². The number of carboxylic acid groups (broad SMARTS) is 1. The first kappa shape index (κ1) is 12.9. The van der Waals surface area contributed by atoms with Gasteiger partial charge >= 0.3 is 5.97 Å². The Morgan fingerprint density at radius 1 is 1.50 bits per heavy atom. The van der Waals surface area contributed by atoms with Crippen LogP contribution in [-0.4, -0.2) is 54.1 Å². The molecule has 0 radical (unpaired) electrons. The summed E-state index contributed by atoms with van der Waals surface area (Å²) in [6, 6.07) is 0.124. The van der Waals surface area contributed by atoms with Gasteiger partial charge in [0.25, 0.3) is 0 Å². The summed E-state index contributed by atoms with van der Waals surface area (Å²) in [6.07, 6.45) is 0.610. The second-order valence-electron chi connectivity index (χ2n) is 4.19. The summed E-state index contributed by atoms with van der Waals surface area (Å²) in [5.74, 6) is -1.64. The lowest BCUT2D eigenvalue weighted by molar-refractivity contribution is -0.144. The highest BCUT2D eigenvalue weighted by atomic mass is 16.4. The van der Waals surface area contributed by atoms with Crippen LogP contribution in [-0.2, 0) is 9.59 Å². The number of aliphatic carboxylic acids is 1. The molecule has 1 aliphatic heterocycles. The van der Waals surface area contributed by atoms with Gasteiger partial charge in [-0.05, 0) is 13.0 Å². The predicted octanol–water partition coefficient (Wildman–Crippen LogP) is -1.14. The van der Waals surface area contributed by atoms with Crippen molar-refractivity contribution in [3.63, 3.8) is 0 Å². The third kappa shape index (κ3) is 3.79. The fourth-order valence-electron chi connectivity index (χ4n) is 2.16. The van der Waals surface area contributed by atoms with E-state index in [1.807, 2.05) is 6.92 Å². The van der Waals surface area contributed by atoms with Crippen molar-refractivity contribution >= 4 is 11.9 Å². The molecule has 1 rings (SSSR count). The SMILES string of the molecule is CCNC1CC(C(=O)O)CN(CC(N)=O)C1. The van der Waals surface area contributed by atoms with Crippen molar-refractivity contribution in [1.82, 2.24) is 10.2 Å². The molecule has 0 aliphatic carbocycles. The molecule has 6 heteroatoms. The Morgan fingerprint density at radius 3 is 2.69 bits per heavy atom. The van der Waals surface area contributed by atoms with Crippen LogP contribution >= 0.6 is 0 Å². The van der Waals surface area contributed by atoms with Crippen molar-refractivity contribution in [3.05, 3.63) is 0 Å². The Morgan fingerprint density at radius 2 is 2.19 bits per heavy atom. The third-order valence-corrected chi connectivity index (χ3v) is 2.75. The zero-order chi connectivity index (χ0) is 12.1. The second kappa shape index (κ2) is 5.81. The molecule has 6 nitrogen and oxygen atoms in total. The molecular weight excluding hydrogens is 210 g/mol. The quantitative estimate of drug-likeness (QED) is 0.553. The first-order valence-electron chi connectivity index (χ1n) is 5.49. The summed E-state index contributed by atoms with van der Waals surface area (Å²) in [4.78, 5) is 23.6. The molecule has 1 amide bonds. The predicted molar refractivity (Wildman–Crippen MR) is 58.8 cm³/mol. The molecular formula is C10H19N3O3. The van der Waals surface area contributed by atoms with Crippen molar-refractivity contribution in [1.29, 1.82) is 0 Å². The number of amides is 1. The molecule has 1 saturated heterocycles. The number of carboxylic acids is 1. The summed E-state index contributed by atoms with van der Waals surface area (Å²) in [5.41, 5.74) is 5.12. The summed E-state index contributed by atoms with van der Waals surface area (Å²) < 4.78 is 0. The van der Waals surface area contributed by atoms with Crippen molar-refractivity contribution in [2.75, 3.05) is 26.2 Å². The van der Waals surface area contributed by atoms with Gasteiger partial charge in [-0.1, -0.05) is 6.92 Å². The number of hydrogen-bond acceptors (Lipinski definition) is 4. The number of piperidine rings is 1. The molecule has 0 aromatic carbocycles. The number of carbonyl (C=O) groups is 2. The highest BCUT2D eigenvalue weighted by molar-refractivity contribution is 5.76. The van der Waals surface area contributed by atoms with E-state index in [0.717, 1.165) is 6.54 Å². The number of hydrogen-bond donors (Lipinski definition) is 3.